The number of ether oxygens (including phenoxy) is 1. The molecular formula is C16H17F3N2O4S. The summed E-state index contributed by atoms with van der Waals surface area (Å²) in [6, 6.07) is 5.76. The number of nitrogens with zero attached hydrogens (tertiary/aromatic N) is 2. The number of piperidine rings is 1. The Morgan fingerprint density at radius 1 is 1.31 bits per heavy atom. The molecule has 1 heterocycles. The minimum Gasteiger partial charge on any atom is -0.447 e. The van der Waals surface area contributed by atoms with E-state index in [-0.39, 0.29) is 25.9 Å². The lowest BCUT2D eigenvalue weighted by Crippen LogP contribution is -2.41. The van der Waals surface area contributed by atoms with Gasteiger partial charge in [-0.25, -0.2) is 8.42 Å². The van der Waals surface area contributed by atoms with E-state index in [0.717, 1.165) is 22.5 Å². The highest BCUT2D eigenvalue weighted by Crippen LogP contribution is 2.36. The third kappa shape index (κ3) is 4.34. The first-order chi connectivity index (χ1) is 12.1. The van der Waals surface area contributed by atoms with Gasteiger partial charge in [-0.1, -0.05) is 12.1 Å². The number of benzene rings is 1. The van der Waals surface area contributed by atoms with Crippen LogP contribution in [0, 0.1) is 17.2 Å². The van der Waals surface area contributed by atoms with E-state index < -0.39 is 44.6 Å². The van der Waals surface area contributed by atoms with Gasteiger partial charge in [-0.15, -0.1) is 0 Å². The minimum absolute atomic E-state index is 0.102. The Morgan fingerprint density at radius 2 is 1.88 bits per heavy atom. The zero-order valence-electron chi connectivity index (χ0n) is 13.9. The molecule has 0 saturated carbocycles. The van der Waals surface area contributed by atoms with Gasteiger partial charge in [0.15, 0.2) is 6.10 Å². The quantitative estimate of drug-likeness (QED) is 0.738. The molecule has 0 spiro atoms. The third-order valence-electron chi connectivity index (χ3n) is 4.07. The molecule has 1 aliphatic rings. The molecule has 1 aliphatic heterocycles. The smallest absolute Gasteiger partial charge is 0.417 e. The summed E-state index contributed by atoms with van der Waals surface area (Å²) in [5, 5.41) is 8.64. The molecule has 0 aromatic heterocycles. The molecular weight excluding hydrogens is 373 g/mol. The van der Waals surface area contributed by atoms with E-state index in [1.165, 1.54) is 13.0 Å². The van der Waals surface area contributed by atoms with Crippen molar-refractivity contribution in [2.24, 2.45) is 5.92 Å². The first-order valence-electron chi connectivity index (χ1n) is 7.84. The van der Waals surface area contributed by atoms with Crippen LogP contribution in [0.5, 0.6) is 0 Å². The summed E-state index contributed by atoms with van der Waals surface area (Å²) in [7, 11) is -4.34. The molecule has 1 aromatic carbocycles. The second-order valence-corrected chi connectivity index (χ2v) is 7.79. The Morgan fingerprint density at radius 3 is 2.42 bits per heavy atom. The van der Waals surface area contributed by atoms with Crippen molar-refractivity contribution in [1.29, 1.82) is 5.26 Å². The van der Waals surface area contributed by atoms with Crippen LogP contribution < -0.4 is 0 Å². The van der Waals surface area contributed by atoms with Crippen LogP contribution in [0.15, 0.2) is 29.2 Å². The number of esters is 1. The average Bonchev–Trinajstić information content (AvgIpc) is 2.61. The van der Waals surface area contributed by atoms with E-state index in [9.17, 15) is 26.4 Å². The Labute approximate surface area is 149 Å². The van der Waals surface area contributed by atoms with Crippen molar-refractivity contribution in [1.82, 2.24) is 4.31 Å². The minimum atomic E-state index is -4.79. The number of hydrogen-bond acceptors (Lipinski definition) is 5. The van der Waals surface area contributed by atoms with E-state index in [4.69, 9.17) is 10.00 Å². The molecule has 0 unspecified atom stereocenters. The average molecular weight is 390 g/mol. The maximum Gasteiger partial charge on any atom is 0.417 e. The first kappa shape index (κ1) is 20.2. The summed E-state index contributed by atoms with van der Waals surface area (Å²) < 4.78 is 70.4. The molecule has 10 heteroatoms. The molecule has 142 valence electrons. The van der Waals surface area contributed by atoms with Crippen molar-refractivity contribution in [3.63, 3.8) is 0 Å². The van der Waals surface area contributed by atoms with Gasteiger partial charge in [0.2, 0.25) is 10.0 Å². The van der Waals surface area contributed by atoms with Crippen molar-refractivity contribution in [3.8, 4) is 6.07 Å². The van der Waals surface area contributed by atoms with E-state index in [1.807, 2.05) is 0 Å². The van der Waals surface area contributed by atoms with Crippen LogP contribution in [0.4, 0.5) is 13.2 Å². The number of alkyl halides is 3. The largest absolute Gasteiger partial charge is 0.447 e. The Bertz CT molecular complexity index is 810. The number of carbonyl (C=O) groups excluding carboxylic acids is 1. The first-order valence-corrected chi connectivity index (χ1v) is 9.28. The van der Waals surface area contributed by atoms with Crippen molar-refractivity contribution in [2.75, 3.05) is 13.1 Å². The molecule has 1 atom stereocenters. The number of rotatable bonds is 4. The zero-order valence-corrected chi connectivity index (χ0v) is 14.7. The van der Waals surface area contributed by atoms with E-state index >= 15 is 0 Å². The molecule has 0 N–H and O–H groups in total. The van der Waals surface area contributed by atoms with Crippen molar-refractivity contribution in [3.05, 3.63) is 29.8 Å². The second-order valence-electron chi connectivity index (χ2n) is 5.88. The highest BCUT2D eigenvalue weighted by molar-refractivity contribution is 7.89. The van der Waals surface area contributed by atoms with Crippen LogP contribution >= 0.6 is 0 Å². The van der Waals surface area contributed by atoms with Crippen molar-refractivity contribution < 1.29 is 31.1 Å². The number of nitriles is 1. The molecule has 1 aromatic rings. The van der Waals surface area contributed by atoms with Crippen LogP contribution in [0.1, 0.15) is 25.3 Å². The Kier molecular flexibility index (Phi) is 5.93. The van der Waals surface area contributed by atoms with Gasteiger partial charge in [0.1, 0.15) is 6.07 Å². The summed E-state index contributed by atoms with van der Waals surface area (Å²) in [6.45, 7) is 1.20. The number of halogens is 3. The summed E-state index contributed by atoms with van der Waals surface area (Å²) in [4.78, 5) is 11.1. The normalized spacial score (nSPS) is 18.1. The summed E-state index contributed by atoms with van der Waals surface area (Å²) in [5.41, 5.74) is -1.22. The monoisotopic (exact) mass is 390 g/mol. The lowest BCUT2D eigenvalue weighted by Gasteiger charge is -2.31. The molecule has 6 nitrogen and oxygen atoms in total. The van der Waals surface area contributed by atoms with E-state index in [0.29, 0.717) is 0 Å². The van der Waals surface area contributed by atoms with Crippen LogP contribution in [-0.4, -0.2) is 37.9 Å². The van der Waals surface area contributed by atoms with Gasteiger partial charge in [0, 0.05) is 13.1 Å². The fourth-order valence-electron chi connectivity index (χ4n) is 2.69. The fraction of sp³-hybridized carbons (Fsp3) is 0.500. The number of hydrogen-bond donors (Lipinski definition) is 0. The maximum atomic E-state index is 13.1. The molecule has 2 rings (SSSR count). The molecule has 1 fully saturated rings. The predicted octanol–water partition coefficient (Wildman–Crippen LogP) is 2.56. The predicted molar refractivity (Wildman–Crippen MR) is 84.1 cm³/mol. The van der Waals surface area contributed by atoms with Gasteiger partial charge >= 0.3 is 12.1 Å². The zero-order chi connectivity index (χ0) is 19.5. The lowest BCUT2D eigenvalue weighted by molar-refractivity contribution is -0.152. The summed E-state index contributed by atoms with van der Waals surface area (Å²) in [5.74, 6) is -1.19. The Balaban J connectivity index is 2.15. The number of carbonyl (C=O) groups is 1. The highest BCUT2D eigenvalue weighted by atomic mass is 32.2. The van der Waals surface area contributed by atoms with Gasteiger partial charge in [0.05, 0.1) is 16.4 Å². The third-order valence-corrected chi connectivity index (χ3v) is 6.03. The Hall–Kier alpha value is -2.12. The molecule has 0 radical (unpaired) electrons. The molecule has 0 bridgehead atoms. The van der Waals surface area contributed by atoms with Crippen LogP contribution in [0.3, 0.4) is 0 Å². The van der Waals surface area contributed by atoms with Crippen LogP contribution in [-0.2, 0) is 25.7 Å². The maximum absolute atomic E-state index is 13.1. The van der Waals surface area contributed by atoms with E-state index in [1.54, 1.807) is 6.07 Å². The van der Waals surface area contributed by atoms with Crippen molar-refractivity contribution >= 4 is 16.0 Å². The summed E-state index contributed by atoms with van der Waals surface area (Å²) >= 11 is 0. The molecule has 1 saturated heterocycles. The van der Waals surface area contributed by atoms with Gasteiger partial charge in [-0.2, -0.15) is 22.7 Å². The standard InChI is InChI=1S/C16H17F3N2O4S/c1-11(10-20)25-15(22)12-6-8-21(9-7-12)26(23,24)14-5-3-2-4-13(14)16(17,18)19/h2-5,11-12H,6-9H2,1H3/t11-/m1/s1. The van der Waals surface area contributed by atoms with Gasteiger partial charge < -0.3 is 4.74 Å². The molecule has 26 heavy (non-hydrogen) atoms. The van der Waals surface area contributed by atoms with Gasteiger partial charge in [0.25, 0.3) is 0 Å². The topological polar surface area (TPSA) is 87.5 Å². The second kappa shape index (κ2) is 7.63. The molecule has 0 amide bonds. The van der Waals surface area contributed by atoms with Crippen molar-refractivity contribution in [2.45, 2.75) is 36.9 Å². The SMILES string of the molecule is C[C@H](C#N)OC(=O)C1CCN(S(=O)(=O)c2ccccc2C(F)(F)F)CC1. The summed E-state index contributed by atoms with van der Waals surface area (Å²) in [6.07, 6.45) is -5.48. The van der Waals surface area contributed by atoms with E-state index in [2.05, 4.69) is 0 Å². The van der Waals surface area contributed by atoms with Crippen LogP contribution in [0.2, 0.25) is 0 Å². The lowest BCUT2D eigenvalue weighted by atomic mass is 9.98. The fourth-order valence-corrected chi connectivity index (χ4v) is 4.38. The molecule has 0 aliphatic carbocycles. The van der Waals surface area contributed by atoms with Gasteiger partial charge in [-0.05, 0) is 31.9 Å². The van der Waals surface area contributed by atoms with Crippen LogP contribution in [0.25, 0.3) is 0 Å². The van der Waals surface area contributed by atoms with Gasteiger partial charge in [-0.3, -0.25) is 4.79 Å². The highest BCUT2D eigenvalue weighted by Gasteiger charge is 2.40. The number of sulfonamides is 1.